The number of imidazole rings is 1. The second-order valence-corrected chi connectivity index (χ2v) is 4.62. The van der Waals surface area contributed by atoms with Crippen molar-refractivity contribution in [2.24, 2.45) is 0 Å². The maximum absolute atomic E-state index is 11.8. The van der Waals surface area contributed by atoms with Crippen LogP contribution in [-0.2, 0) is 17.6 Å². The number of carbonyl (C=O) groups excluding carboxylic acids is 1. The topological polar surface area (TPSA) is 44.1 Å². The molecule has 0 saturated heterocycles. The summed E-state index contributed by atoms with van der Waals surface area (Å²) in [5, 5.41) is 0. The lowest BCUT2D eigenvalue weighted by atomic mass is 10.1. The van der Waals surface area contributed by atoms with Gasteiger partial charge in [-0.15, -0.1) is 0 Å². The number of rotatable bonds is 2. The summed E-state index contributed by atoms with van der Waals surface area (Å²) in [6, 6.07) is 8.26. The summed E-state index contributed by atoms with van der Waals surface area (Å²) in [6.45, 7) is 2.17. The molecule has 1 aliphatic heterocycles. The third kappa shape index (κ3) is 2.14. The van der Waals surface area contributed by atoms with E-state index in [0.717, 1.165) is 30.8 Å². The van der Waals surface area contributed by atoms with E-state index in [4.69, 9.17) is 4.74 Å². The molecule has 2 heterocycles. The van der Waals surface area contributed by atoms with E-state index in [9.17, 15) is 4.79 Å². The minimum absolute atomic E-state index is 0.347. The van der Waals surface area contributed by atoms with E-state index < -0.39 is 0 Å². The Morgan fingerprint density at radius 2 is 2.21 bits per heavy atom. The first-order valence-electron chi connectivity index (χ1n) is 6.63. The lowest BCUT2D eigenvalue weighted by molar-refractivity contribution is 0.0520. The van der Waals surface area contributed by atoms with Crippen molar-refractivity contribution in [3.63, 3.8) is 0 Å². The molecule has 0 fully saturated rings. The fourth-order valence-corrected chi connectivity index (χ4v) is 2.50. The maximum atomic E-state index is 11.8. The number of aryl methyl sites for hydroxylation is 2. The summed E-state index contributed by atoms with van der Waals surface area (Å²) in [5.41, 5.74) is 2.82. The quantitative estimate of drug-likeness (QED) is 0.776. The Hall–Kier alpha value is -2.10. The summed E-state index contributed by atoms with van der Waals surface area (Å²) in [5.74, 6) is 0.591. The highest BCUT2D eigenvalue weighted by Gasteiger charge is 2.19. The number of hydrogen-bond donors (Lipinski definition) is 0. The second kappa shape index (κ2) is 4.88. The van der Waals surface area contributed by atoms with Gasteiger partial charge in [0.25, 0.3) is 0 Å². The molecule has 1 aromatic carbocycles. The van der Waals surface area contributed by atoms with E-state index in [2.05, 4.69) is 17.1 Å². The van der Waals surface area contributed by atoms with Crippen LogP contribution in [-0.4, -0.2) is 22.1 Å². The van der Waals surface area contributed by atoms with Gasteiger partial charge in [0.2, 0.25) is 0 Å². The van der Waals surface area contributed by atoms with E-state index >= 15 is 0 Å². The van der Waals surface area contributed by atoms with Gasteiger partial charge in [-0.2, -0.15) is 0 Å². The van der Waals surface area contributed by atoms with Gasteiger partial charge in [-0.1, -0.05) is 18.2 Å². The van der Waals surface area contributed by atoms with Crippen LogP contribution in [0.15, 0.2) is 30.5 Å². The molecule has 4 nitrogen and oxygen atoms in total. The molecule has 0 saturated carbocycles. The highest BCUT2D eigenvalue weighted by atomic mass is 16.5. The molecular weight excluding hydrogens is 240 g/mol. The van der Waals surface area contributed by atoms with Crippen molar-refractivity contribution in [3.8, 4) is 5.69 Å². The zero-order valence-electron chi connectivity index (χ0n) is 10.9. The number of fused-ring (bicyclic) bond motifs is 3. The van der Waals surface area contributed by atoms with Crippen LogP contribution in [0.1, 0.15) is 35.2 Å². The highest BCUT2D eigenvalue weighted by molar-refractivity contribution is 5.87. The predicted octanol–water partition coefficient (Wildman–Crippen LogP) is 2.54. The molecule has 0 N–H and O–H groups in total. The monoisotopic (exact) mass is 256 g/mol. The van der Waals surface area contributed by atoms with Gasteiger partial charge in [0.05, 0.1) is 6.61 Å². The molecule has 98 valence electrons. The first-order valence-corrected chi connectivity index (χ1v) is 6.63. The van der Waals surface area contributed by atoms with Crippen molar-refractivity contribution < 1.29 is 9.53 Å². The molecular formula is C15H16N2O2. The molecule has 4 heteroatoms. The fraction of sp³-hybridized carbons (Fsp3) is 0.333. The van der Waals surface area contributed by atoms with Crippen molar-refractivity contribution in [2.75, 3.05) is 6.61 Å². The standard InChI is InChI=1S/C15H16N2O2/c1-2-19-15(18)12-10-17-13-8-4-3-6-11(13)7-5-9-14(17)16-12/h3-4,6,8,10H,2,5,7,9H2,1H3. The van der Waals surface area contributed by atoms with Gasteiger partial charge in [-0.25, -0.2) is 9.78 Å². The Labute approximate surface area is 112 Å². The molecule has 0 bridgehead atoms. The van der Waals surface area contributed by atoms with Crippen LogP contribution >= 0.6 is 0 Å². The molecule has 0 unspecified atom stereocenters. The number of carbonyl (C=O) groups is 1. The van der Waals surface area contributed by atoms with E-state index in [1.165, 1.54) is 5.56 Å². The Morgan fingerprint density at radius 1 is 1.37 bits per heavy atom. The SMILES string of the molecule is CCOC(=O)c1cn2c(n1)CCCc1ccccc1-2. The molecule has 19 heavy (non-hydrogen) atoms. The minimum atomic E-state index is -0.347. The highest BCUT2D eigenvalue weighted by Crippen LogP contribution is 2.24. The number of benzene rings is 1. The molecule has 2 aromatic rings. The molecule has 1 aromatic heterocycles. The van der Waals surface area contributed by atoms with Crippen LogP contribution in [0.2, 0.25) is 0 Å². The summed E-state index contributed by atoms with van der Waals surface area (Å²) in [4.78, 5) is 16.2. The second-order valence-electron chi connectivity index (χ2n) is 4.62. The number of ether oxygens (including phenoxy) is 1. The first kappa shape index (κ1) is 12.0. The molecule has 0 radical (unpaired) electrons. The van der Waals surface area contributed by atoms with Crippen LogP contribution in [0.25, 0.3) is 5.69 Å². The van der Waals surface area contributed by atoms with E-state index in [0.29, 0.717) is 12.3 Å². The van der Waals surface area contributed by atoms with Gasteiger partial charge >= 0.3 is 5.97 Å². The number of hydrogen-bond acceptors (Lipinski definition) is 3. The normalized spacial score (nSPS) is 13.3. The van der Waals surface area contributed by atoms with Gasteiger partial charge in [-0.3, -0.25) is 0 Å². The summed E-state index contributed by atoms with van der Waals surface area (Å²) in [7, 11) is 0. The summed E-state index contributed by atoms with van der Waals surface area (Å²) in [6.07, 6.45) is 4.77. The van der Waals surface area contributed by atoms with Crippen LogP contribution < -0.4 is 0 Å². The third-order valence-corrected chi connectivity index (χ3v) is 3.36. The van der Waals surface area contributed by atoms with Crippen molar-refractivity contribution in [1.29, 1.82) is 0 Å². The zero-order chi connectivity index (χ0) is 13.2. The Kier molecular flexibility index (Phi) is 3.07. The molecule has 3 rings (SSSR count). The van der Waals surface area contributed by atoms with Crippen molar-refractivity contribution >= 4 is 5.97 Å². The molecule has 0 amide bonds. The number of aromatic nitrogens is 2. The van der Waals surface area contributed by atoms with Crippen molar-refractivity contribution in [1.82, 2.24) is 9.55 Å². The maximum Gasteiger partial charge on any atom is 0.358 e. The molecule has 0 spiro atoms. The number of para-hydroxylation sites is 1. The third-order valence-electron chi connectivity index (χ3n) is 3.36. The van der Waals surface area contributed by atoms with Gasteiger partial charge < -0.3 is 9.30 Å². The minimum Gasteiger partial charge on any atom is -0.461 e. The average Bonchev–Trinajstić information content (AvgIpc) is 2.77. The Morgan fingerprint density at radius 3 is 3.05 bits per heavy atom. The van der Waals surface area contributed by atoms with Crippen LogP contribution in [0.5, 0.6) is 0 Å². The Bertz CT molecular complexity index is 616. The van der Waals surface area contributed by atoms with E-state index in [1.54, 1.807) is 13.1 Å². The fourth-order valence-electron chi connectivity index (χ4n) is 2.50. The molecule has 0 atom stereocenters. The van der Waals surface area contributed by atoms with Crippen LogP contribution in [0.4, 0.5) is 0 Å². The zero-order valence-corrected chi connectivity index (χ0v) is 10.9. The van der Waals surface area contributed by atoms with Gasteiger partial charge in [0.1, 0.15) is 5.82 Å². The number of nitrogens with zero attached hydrogens (tertiary/aromatic N) is 2. The smallest absolute Gasteiger partial charge is 0.358 e. The Balaban J connectivity index is 2.06. The predicted molar refractivity (Wildman–Crippen MR) is 71.5 cm³/mol. The van der Waals surface area contributed by atoms with E-state index in [-0.39, 0.29) is 5.97 Å². The van der Waals surface area contributed by atoms with Gasteiger partial charge in [-0.05, 0) is 31.4 Å². The summed E-state index contributed by atoms with van der Waals surface area (Å²) < 4.78 is 7.03. The lowest BCUT2D eigenvalue weighted by Crippen LogP contribution is -2.05. The largest absolute Gasteiger partial charge is 0.461 e. The van der Waals surface area contributed by atoms with Gasteiger partial charge in [0.15, 0.2) is 5.69 Å². The first-order chi connectivity index (χ1) is 9.29. The summed E-state index contributed by atoms with van der Waals surface area (Å²) >= 11 is 0. The molecule has 1 aliphatic rings. The molecule has 0 aliphatic carbocycles. The van der Waals surface area contributed by atoms with E-state index in [1.807, 2.05) is 16.7 Å². The average molecular weight is 256 g/mol. The van der Waals surface area contributed by atoms with Crippen LogP contribution in [0, 0.1) is 0 Å². The number of esters is 1. The van der Waals surface area contributed by atoms with Gasteiger partial charge in [0, 0.05) is 18.3 Å². The van der Waals surface area contributed by atoms with Crippen molar-refractivity contribution in [2.45, 2.75) is 26.2 Å². The van der Waals surface area contributed by atoms with Crippen LogP contribution in [0.3, 0.4) is 0 Å². The lowest BCUT2D eigenvalue weighted by Gasteiger charge is -2.07. The van der Waals surface area contributed by atoms with Crippen molar-refractivity contribution in [3.05, 3.63) is 47.5 Å².